The SMILES string of the molecule is CC(O)(c1cc(Cc2cc(C(C)(O)C(F)(F)F)c(N)cc2Br)c(Br)cc1N)C(F)(F)F. The van der Waals surface area contributed by atoms with Crippen molar-refractivity contribution in [3.8, 4) is 0 Å². The normalized spacial score (nSPS) is 16.6. The molecule has 0 saturated heterocycles. The van der Waals surface area contributed by atoms with Crippen molar-refractivity contribution < 1.29 is 36.6 Å². The first-order chi connectivity index (χ1) is 13.8. The van der Waals surface area contributed by atoms with Gasteiger partial charge >= 0.3 is 12.4 Å². The second-order valence-electron chi connectivity index (χ2n) is 7.38. The summed E-state index contributed by atoms with van der Waals surface area (Å²) >= 11 is 6.35. The van der Waals surface area contributed by atoms with Crippen molar-refractivity contribution in [2.45, 2.75) is 43.8 Å². The molecule has 4 nitrogen and oxygen atoms in total. The van der Waals surface area contributed by atoms with Crippen LogP contribution in [0.15, 0.2) is 33.2 Å². The molecule has 2 aromatic carbocycles. The van der Waals surface area contributed by atoms with Gasteiger partial charge in [0.2, 0.25) is 0 Å². The first kappa shape index (κ1) is 25.8. The van der Waals surface area contributed by atoms with Crippen molar-refractivity contribution in [3.63, 3.8) is 0 Å². The summed E-state index contributed by atoms with van der Waals surface area (Å²) < 4.78 is 80.3. The fourth-order valence-electron chi connectivity index (χ4n) is 2.89. The number of alkyl halides is 6. The molecular formula is C19H18Br2F6N2O2. The molecule has 0 heterocycles. The van der Waals surface area contributed by atoms with Crippen LogP contribution in [0.5, 0.6) is 0 Å². The average molecular weight is 580 g/mol. The van der Waals surface area contributed by atoms with Crippen LogP contribution in [0, 0.1) is 0 Å². The summed E-state index contributed by atoms with van der Waals surface area (Å²) in [6, 6.07) is 4.39. The fraction of sp³-hybridized carbons (Fsp3) is 0.368. The van der Waals surface area contributed by atoms with Crippen LogP contribution in [0.3, 0.4) is 0 Å². The second-order valence-corrected chi connectivity index (χ2v) is 9.09. The Morgan fingerprint density at radius 3 is 1.26 bits per heavy atom. The second kappa shape index (κ2) is 8.13. The monoisotopic (exact) mass is 578 g/mol. The zero-order chi connectivity index (χ0) is 24.2. The summed E-state index contributed by atoms with van der Waals surface area (Å²) in [7, 11) is 0. The Hall–Kier alpha value is -1.50. The molecule has 0 spiro atoms. The Bertz CT molecular complexity index is 925. The van der Waals surface area contributed by atoms with Gasteiger partial charge in [-0.05, 0) is 55.7 Å². The minimum atomic E-state index is -5.02. The molecule has 2 unspecified atom stereocenters. The van der Waals surface area contributed by atoms with E-state index in [1.165, 1.54) is 12.1 Å². The molecule has 0 radical (unpaired) electrons. The van der Waals surface area contributed by atoms with E-state index in [2.05, 4.69) is 31.9 Å². The highest BCUT2D eigenvalue weighted by Crippen LogP contribution is 2.44. The lowest BCUT2D eigenvalue weighted by atomic mass is 9.88. The number of aliphatic hydroxyl groups is 2. The molecule has 12 heteroatoms. The van der Waals surface area contributed by atoms with Gasteiger partial charge in [0.1, 0.15) is 0 Å². The largest absolute Gasteiger partial charge is 0.421 e. The summed E-state index contributed by atoms with van der Waals surface area (Å²) in [6.07, 6.45) is -10.2. The van der Waals surface area contributed by atoms with Crippen LogP contribution in [-0.2, 0) is 17.6 Å². The summed E-state index contributed by atoms with van der Waals surface area (Å²) in [5.41, 5.74) is 3.39. The van der Waals surface area contributed by atoms with Gasteiger partial charge in [0.15, 0.2) is 11.2 Å². The fourth-order valence-corrected chi connectivity index (χ4v) is 3.89. The van der Waals surface area contributed by atoms with Crippen molar-refractivity contribution >= 4 is 43.2 Å². The third-order valence-corrected chi connectivity index (χ3v) is 6.45. The van der Waals surface area contributed by atoms with E-state index >= 15 is 0 Å². The van der Waals surface area contributed by atoms with E-state index in [1.807, 2.05) is 0 Å². The maximum absolute atomic E-state index is 13.3. The quantitative estimate of drug-likeness (QED) is 0.284. The van der Waals surface area contributed by atoms with Gasteiger partial charge in [-0.15, -0.1) is 0 Å². The van der Waals surface area contributed by atoms with Gasteiger partial charge in [-0.3, -0.25) is 0 Å². The Morgan fingerprint density at radius 1 is 0.710 bits per heavy atom. The molecule has 0 bridgehead atoms. The highest BCUT2D eigenvalue weighted by Gasteiger charge is 2.53. The average Bonchev–Trinajstić information content (AvgIpc) is 2.56. The predicted octanol–water partition coefficient (Wildman–Crippen LogP) is 5.51. The number of benzene rings is 2. The molecule has 31 heavy (non-hydrogen) atoms. The van der Waals surface area contributed by atoms with E-state index < -0.39 is 34.7 Å². The van der Waals surface area contributed by atoms with Gasteiger partial charge in [0, 0.05) is 31.4 Å². The van der Waals surface area contributed by atoms with Crippen LogP contribution in [-0.4, -0.2) is 22.6 Å². The molecule has 2 aromatic rings. The smallest absolute Gasteiger partial charge is 0.398 e. The first-order valence-corrected chi connectivity index (χ1v) is 10.1. The van der Waals surface area contributed by atoms with Gasteiger partial charge in [-0.1, -0.05) is 31.9 Å². The van der Waals surface area contributed by atoms with Crippen LogP contribution < -0.4 is 11.5 Å². The minimum absolute atomic E-state index is 0.163. The summed E-state index contributed by atoms with van der Waals surface area (Å²) in [4.78, 5) is 0. The third-order valence-electron chi connectivity index (χ3n) is 4.97. The molecule has 0 amide bonds. The van der Waals surface area contributed by atoms with Crippen LogP contribution in [0.1, 0.15) is 36.1 Å². The van der Waals surface area contributed by atoms with E-state index in [0.29, 0.717) is 13.8 Å². The lowest BCUT2D eigenvalue weighted by Crippen LogP contribution is -2.40. The van der Waals surface area contributed by atoms with Crippen LogP contribution in [0.4, 0.5) is 37.7 Å². The minimum Gasteiger partial charge on any atom is -0.398 e. The number of anilines is 2. The van der Waals surface area contributed by atoms with Crippen molar-refractivity contribution in [2.24, 2.45) is 0 Å². The van der Waals surface area contributed by atoms with Crippen LogP contribution in [0.25, 0.3) is 0 Å². The summed E-state index contributed by atoms with van der Waals surface area (Å²) in [5, 5.41) is 20.0. The maximum atomic E-state index is 13.3. The van der Waals surface area contributed by atoms with Gasteiger partial charge in [-0.25, -0.2) is 0 Å². The molecule has 2 atom stereocenters. The topological polar surface area (TPSA) is 92.5 Å². The van der Waals surface area contributed by atoms with E-state index in [0.717, 1.165) is 12.1 Å². The number of nitrogens with two attached hydrogens (primary N) is 2. The molecule has 0 fully saturated rings. The molecule has 172 valence electrons. The lowest BCUT2D eigenvalue weighted by Gasteiger charge is -2.29. The number of nitrogen functional groups attached to an aromatic ring is 2. The maximum Gasteiger partial charge on any atom is 0.421 e. The van der Waals surface area contributed by atoms with E-state index in [-0.39, 0.29) is 37.9 Å². The highest BCUT2D eigenvalue weighted by molar-refractivity contribution is 9.10. The number of hydrogen-bond donors (Lipinski definition) is 4. The number of halogens is 8. The molecular weight excluding hydrogens is 562 g/mol. The van der Waals surface area contributed by atoms with E-state index in [4.69, 9.17) is 11.5 Å². The molecule has 0 aliphatic heterocycles. The molecule has 0 aliphatic carbocycles. The van der Waals surface area contributed by atoms with Crippen LogP contribution >= 0.6 is 31.9 Å². The first-order valence-electron chi connectivity index (χ1n) is 8.55. The predicted molar refractivity (Wildman–Crippen MR) is 111 cm³/mol. The molecule has 0 saturated carbocycles. The Balaban J connectivity index is 2.62. The standard InChI is InChI=1S/C19H18Br2F6N2O2/c1-16(30,18(22,23)24)10-4-8(12(20)6-14(10)28)3-9-5-11(15(29)7-13(9)21)17(2,31)19(25,26)27/h4-7,30-31H,3,28-29H2,1-2H3. The Labute approximate surface area is 190 Å². The Morgan fingerprint density at radius 2 is 1.00 bits per heavy atom. The summed E-state index contributed by atoms with van der Waals surface area (Å²) in [6.45, 7) is 1.10. The van der Waals surface area contributed by atoms with Crippen LogP contribution in [0.2, 0.25) is 0 Å². The van der Waals surface area contributed by atoms with E-state index in [1.54, 1.807) is 0 Å². The molecule has 0 aliphatic rings. The van der Waals surface area contributed by atoms with Gasteiger partial charge in [-0.2, -0.15) is 26.3 Å². The molecule has 6 N–H and O–H groups in total. The van der Waals surface area contributed by atoms with Gasteiger partial charge in [0.05, 0.1) is 0 Å². The highest BCUT2D eigenvalue weighted by atomic mass is 79.9. The van der Waals surface area contributed by atoms with Crippen molar-refractivity contribution in [3.05, 3.63) is 55.5 Å². The van der Waals surface area contributed by atoms with Gasteiger partial charge < -0.3 is 21.7 Å². The number of hydrogen-bond acceptors (Lipinski definition) is 4. The zero-order valence-electron chi connectivity index (χ0n) is 16.1. The van der Waals surface area contributed by atoms with Gasteiger partial charge in [0.25, 0.3) is 0 Å². The van der Waals surface area contributed by atoms with Crippen molar-refractivity contribution in [1.29, 1.82) is 0 Å². The molecule has 2 rings (SSSR count). The van der Waals surface area contributed by atoms with Crippen molar-refractivity contribution in [1.82, 2.24) is 0 Å². The molecule has 0 aromatic heterocycles. The van der Waals surface area contributed by atoms with E-state index in [9.17, 15) is 36.6 Å². The number of rotatable bonds is 4. The van der Waals surface area contributed by atoms with Crippen molar-refractivity contribution in [2.75, 3.05) is 11.5 Å². The lowest BCUT2D eigenvalue weighted by molar-refractivity contribution is -0.258. The summed E-state index contributed by atoms with van der Waals surface area (Å²) in [5.74, 6) is 0. The third kappa shape index (κ3) is 4.81. The Kier molecular flexibility index (Phi) is 6.75. The zero-order valence-corrected chi connectivity index (χ0v) is 19.3.